The summed E-state index contributed by atoms with van der Waals surface area (Å²) in [5, 5.41) is 5.86. The van der Waals surface area contributed by atoms with Gasteiger partial charge in [0.15, 0.2) is 0 Å². The normalized spacial score (nSPS) is 15.4. The van der Waals surface area contributed by atoms with E-state index in [2.05, 4.69) is 10.6 Å². The van der Waals surface area contributed by atoms with Gasteiger partial charge in [-0.05, 0) is 49.9 Å². The highest BCUT2D eigenvalue weighted by Gasteiger charge is 2.33. The molecule has 0 saturated carbocycles. The second-order valence-electron chi connectivity index (χ2n) is 8.52. The number of anilines is 1. The molecule has 164 valence electrons. The predicted octanol–water partition coefficient (Wildman–Crippen LogP) is 3.63. The summed E-state index contributed by atoms with van der Waals surface area (Å²) in [6.45, 7) is 6.81. The molecule has 1 aliphatic heterocycles. The number of rotatable bonds is 6. The summed E-state index contributed by atoms with van der Waals surface area (Å²) in [6.07, 6.45) is 1.22. The van der Waals surface area contributed by atoms with Crippen molar-refractivity contribution in [2.24, 2.45) is 11.8 Å². The van der Waals surface area contributed by atoms with Crippen molar-refractivity contribution >= 4 is 23.4 Å². The zero-order valence-electron chi connectivity index (χ0n) is 18.4. The maximum atomic E-state index is 13.2. The van der Waals surface area contributed by atoms with Gasteiger partial charge in [0.05, 0.1) is 0 Å². The fraction of sp³-hybridized carbons (Fsp3) is 0.400. The number of piperidine rings is 1. The van der Waals surface area contributed by atoms with Gasteiger partial charge < -0.3 is 15.5 Å². The van der Waals surface area contributed by atoms with Crippen LogP contribution >= 0.6 is 0 Å². The van der Waals surface area contributed by atoms with E-state index in [0.29, 0.717) is 31.5 Å². The first-order valence-corrected chi connectivity index (χ1v) is 10.9. The van der Waals surface area contributed by atoms with Crippen molar-refractivity contribution in [1.29, 1.82) is 0 Å². The monoisotopic (exact) mass is 421 g/mol. The van der Waals surface area contributed by atoms with Gasteiger partial charge in [-0.2, -0.15) is 0 Å². The molecule has 0 aromatic heterocycles. The lowest BCUT2D eigenvalue weighted by Gasteiger charge is -2.35. The van der Waals surface area contributed by atoms with E-state index in [1.165, 1.54) is 0 Å². The number of carbonyl (C=O) groups is 3. The first kappa shape index (κ1) is 22.5. The summed E-state index contributed by atoms with van der Waals surface area (Å²) >= 11 is 0. The van der Waals surface area contributed by atoms with E-state index in [1.54, 1.807) is 11.0 Å². The molecule has 31 heavy (non-hydrogen) atoms. The number of para-hydroxylation sites is 1. The molecule has 0 aliphatic carbocycles. The molecule has 1 unspecified atom stereocenters. The zero-order chi connectivity index (χ0) is 22.4. The van der Waals surface area contributed by atoms with E-state index in [9.17, 15) is 14.4 Å². The summed E-state index contributed by atoms with van der Waals surface area (Å²) in [7, 11) is 0. The second kappa shape index (κ2) is 10.2. The molecule has 2 N–H and O–H groups in total. The number of hydrogen-bond donors (Lipinski definition) is 2. The number of likely N-dealkylation sites (tertiary alicyclic amines) is 1. The largest absolute Gasteiger partial charge is 0.341 e. The fourth-order valence-electron chi connectivity index (χ4n) is 3.85. The summed E-state index contributed by atoms with van der Waals surface area (Å²) in [4.78, 5) is 40.1. The standard InChI is InChI=1S/C25H31N3O3/c1-17(2)22(27-24(30)20-9-7-8-18(3)16-20)25(31)28-14-12-19(13-15-28)23(29)26-21-10-5-4-6-11-21/h4-11,16-17,19,22H,12-15H2,1-3H3,(H,26,29)(H,27,30). The number of benzene rings is 2. The summed E-state index contributed by atoms with van der Waals surface area (Å²) < 4.78 is 0. The van der Waals surface area contributed by atoms with Crippen LogP contribution in [0.5, 0.6) is 0 Å². The molecule has 6 nitrogen and oxygen atoms in total. The van der Waals surface area contributed by atoms with Crippen LogP contribution in [0, 0.1) is 18.8 Å². The van der Waals surface area contributed by atoms with Crippen molar-refractivity contribution in [2.75, 3.05) is 18.4 Å². The number of amides is 3. The Labute approximate surface area is 184 Å². The van der Waals surface area contributed by atoms with Gasteiger partial charge in [-0.15, -0.1) is 0 Å². The highest BCUT2D eigenvalue weighted by atomic mass is 16.2. The van der Waals surface area contributed by atoms with Gasteiger partial charge in [0, 0.05) is 30.3 Å². The third kappa shape index (κ3) is 5.94. The minimum atomic E-state index is -0.595. The average molecular weight is 422 g/mol. The minimum absolute atomic E-state index is 0.00791. The van der Waals surface area contributed by atoms with E-state index in [0.717, 1.165) is 11.3 Å². The Morgan fingerprint density at radius 2 is 1.65 bits per heavy atom. The maximum Gasteiger partial charge on any atom is 0.251 e. The average Bonchev–Trinajstić information content (AvgIpc) is 2.77. The lowest BCUT2D eigenvalue weighted by molar-refractivity contribution is -0.137. The number of nitrogens with one attached hydrogen (secondary N) is 2. The van der Waals surface area contributed by atoms with Gasteiger partial charge in [-0.3, -0.25) is 14.4 Å². The van der Waals surface area contributed by atoms with Gasteiger partial charge in [0.1, 0.15) is 6.04 Å². The molecule has 2 aromatic rings. The zero-order valence-corrected chi connectivity index (χ0v) is 18.4. The van der Waals surface area contributed by atoms with Crippen LogP contribution in [0.1, 0.15) is 42.6 Å². The van der Waals surface area contributed by atoms with E-state index in [1.807, 2.05) is 69.3 Å². The van der Waals surface area contributed by atoms with Crippen LogP contribution < -0.4 is 10.6 Å². The van der Waals surface area contributed by atoms with Gasteiger partial charge >= 0.3 is 0 Å². The highest BCUT2D eigenvalue weighted by molar-refractivity contribution is 5.98. The van der Waals surface area contributed by atoms with Gasteiger partial charge in [-0.25, -0.2) is 0 Å². The minimum Gasteiger partial charge on any atom is -0.341 e. The lowest BCUT2D eigenvalue weighted by Crippen LogP contribution is -2.53. The first-order valence-electron chi connectivity index (χ1n) is 10.9. The molecular weight excluding hydrogens is 390 g/mol. The van der Waals surface area contributed by atoms with Crippen LogP contribution in [0.4, 0.5) is 5.69 Å². The summed E-state index contributed by atoms with van der Waals surface area (Å²) in [5.74, 6) is -0.499. The van der Waals surface area contributed by atoms with E-state index < -0.39 is 6.04 Å². The van der Waals surface area contributed by atoms with Crippen LogP contribution in [-0.2, 0) is 9.59 Å². The van der Waals surface area contributed by atoms with Gasteiger partial charge in [0.25, 0.3) is 5.91 Å². The van der Waals surface area contributed by atoms with E-state index in [4.69, 9.17) is 0 Å². The summed E-state index contributed by atoms with van der Waals surface area (Å²) in [5.41, 5.74) is 2.33. The topological polar surface area (TPSA) is 78.5 Å². The Bertz CT molecular complexity index is 919. The van der Waals surface area contributed by atoms with Crippen LogP contribution in [-0.4, -0.2) is 41.8 Å². The molecule has 2 aromatic carbocycles. The molecule has 1 atom stereocenters. The molecule has 6 heteroatoms. The van der Waals surface area contributed by atoms with Crippen molar-refractivity contribution in [3.05, 3.63) is 65.7 Å². The molecule has 0 radical (unpaired) electrons. The number of hydrogen-bond acceptors (Lipinski definition) is 3. The summed E-state index contributed by atoms with van der Waals surface area (Å²) in [6, 6.07) is 16.1. The number of aryl methyl sites for hydroxylation is 1. The number of carbonyl (C=O) groups excluding carboxylic acids is 3. The smallest absolute Gasteiger partial charge is 0.251 e. The third-order valence-corrected chi connectivity index (χ3v) is 5.72. The van der Waals surface area contributed by atoms with Gasteiger partial charge in [-0.1, -0.05) is 49.7 Å². The Morgan fingerprint density at radius 1 is 0.968 bits per heavy atom. The van der Waals surface area contributed by atoms with Gasteiger partial charge in [0.2, 0.25) is 11.8 Å². The van der Waals surface area contributed by atoms with Crippen molar-refractivity contribution in [3.63, 3.8) is 0 Å². The van der Waals surface area contributed by atoms with Crippen LogP contribution in [0.3, 0.4) is 0 Å². The Morgan fingerprint density at radius 3 is 2.26 bits per heavy atom. The third-order valence-electron chi connectivity index (χ3n) is 5.72. The fourth-order valence-corrected chi connectivity index (χ4v) is 3.85. The lowest BCUT2D eigenvalue weighted by atomic mass is 9.94. The number of nitrogens with zero attached hydrogens (tertiary/aromatic N) is 1. The Hall–Kier alpha value is -3.15. The molecule has 1 fully saturated rings. The van der Waals surface area contributed by atoms with Crippen LogP contribution in [0.15, 0.2) is 54.6 Å². The van der Waals surface area contributed by atoms with Crippen molar-refractivity contribution < 1.29 is 14.4 Å². The maximum absolute atomic E-state index is 13.2. The molecule has 0 bridgehead atoms. The molecule has 1 heterocycles. The van der Waals surface area contributed by atoms with Crippen molar-refractivity contribution in [1.82, 2.24) is 10.2 Å². The van der Waals surface area contributed by atoms with E-state index >= 15 is 0 Å². The first-order chi connectivity index (χ1) is 14.8. The Balaban J connectivity index is 1.57. The second-order valence-corrected chi connectivity index (χ2v) is 8.52. The quantitative estimate of drug-likeness (QED) is 0.748. The van der Waals surface area contributed by atoms with E-state index in [-0.39, 0.29) is 29.6 Å². The SMILES string of the molecule is Cc1cccc(C(=O)NC(C(=O)N2CCC(C(=O)Nc3ccccc3)CC2)C(C)C)c1. The van der Waals surface area contributed by atoms with Crippen LogP contribution in [0.2, 0.25) is 0 Å². The molecule has 1 saturated heterocycles. The highest BCUT2D eigenvalue weighted by Crippen LogP contribution is 2.21. The molecule has 3 rings (SSSR count). The molecule has 1 aliphatic rings. The van der Waals surface area contributed by atoms with Crippen molar-refractivity contribution in [3.8, 4) is 0 Å². The van der Waals surface area contributed by atoms with Crippen molar-refractivity contribution in [2.45, 2.75) is 39.7 Å². The Kier molecular flexibility index (Phi) is 7.45. The molecule has 0 spiro atoms. The molecule has 3 amide bonds. The predicted molar refractivity (Wildman–Crippen MR) is 122 cm³/mol. The van der Waals surface area contributed by atoms with Crippen LogP contribution in [0.25, 0.3) is 0 Å². The molecular formula is C25H31N3O3.